The van der Waals surface area contributed by atoms with Crippen LogP contribution in [0.2, 0.25) is 5.02 Å². The number of imidazole rings is 1. The zero-order valence-corrected chi connectivity index (χ0v) is 14.3. The van der Waals surface area contributed by atoms with Crippen molar-refractivity contribution < 1.29 is 9.53 Å². The van der Waals surface area contributed by atoms with Crippen LogP contribution in [0.3, 0.4) is 0 Å². The van der Waals surface area contributed by atoms with E-state index in [1.165, 1.54) is 6.92 Å². The van der Waals surface area contributed by atoms with Gasteiger partial charge in [0.15, 0.2) is 17.9 Å². The Kier molecular flexibility index (Phi) is 4.01. The number of hydrogen-bond acceptors (Lipinski definition) is 4. The third kappa shape index (κ3) is 3.03. The van der Waals surface area contributed by atoms with Gasteiger partial charge in [0.25, 0.3) is 0 Å². The van der Waals surface area contributed by atoms with Gasteiger partial charge in [-0.2, -0.15) is 0 Å². The average molecular weight is 354 g/mol. The van der Waals surface area contributed by atoms with Crippen LogP contribution in [-0.4, -0.2) is 27.3 Å². The first-order chi connectivity index (χ1) is 12.1. The molecule has 5 nitrogen and oxygen atoms in total. The summed E-state index contributed by atoms with van der Waals surface area (Å²) >= 11 is 5.95. The Morgan fingerprint density at radius 2 is 1.96 bits per heavy atom. The maximum absolute atomic E-state index is 12.0. The third-order valence-corrected chi connectivity index (χ3v) is 4.53. The number of carbonyl (C=O) groups is 1. The van der Waals surface area contributed by atoms with Gasteiger partial charge in [-0.15, -0.1) is 0 Å². The maximum Gasteiger partial charge on any atom is 0.205 e. The molecule has 126 valence electrons. The Balaban J connectivity index is 1.61. The van der Waals surface area contributed by atoms with E-state index >= 15 is 0 Å². The van der Waals surface area contributed by atoms with Crippen molar-refractivity contribution in [2.75, 3.05) is 0 Å². The van der Waals surface area contributed by atoms with Gasteiger partial charge in [0, 0.05) is 5.02 Å². The van der Waals surface area contributed by atoms with Crippen molar-refractivity contribution >= 4 is 34.3 Å². The summed E-state index contributed by atoms with van der Waals surface area (Å²) in [6.07, 6.45) is 1.34. The van der Waals surface area contributed by atoms with E-state index in [2.05, 4.69) is 9.98 Å². The highest BCUT2D eigenvalue weighted by atomic mass is 35.5. The van der Waals surface area contributed by atoms with Crippen molar-refractivity contribution in [1.82, 2.24) is 9.55 Å². The van der Waals surface area contributed by atoms with Gasteiger partial charge in [-0.3, -0.25) is 4.79 Å². The van der Waals surface area contributed by atoms with E-state index in [1.54, 1.807) is 18.5 Å². The van der Waals surface area contributed by atoms with Gasteiger partial charge in [-0.05, 0) is 36.8 Å². The number of rotatable bonds is 4. The van der Waals surface area contributed by atoms with Crippen molar-refractivity contribution in [1.29, 1.82) is 0 Å². The average Bonchev–Trinajstić information content (AvgIpc) is 3.21. The molecule has 2 heterocycles. The van der Waals surface area contributed by atoms with Gasteiger partial charge in [0.1, 0.15) is 0 Å². The Labute approximate surface area is 149 Å². The second-order valence-corrected chi connectivity index (χ2v) is 6.47. The molecule has 1 aromatic heterocycles. The number of ketones is 1. The van der Waals surface area contributed by atoms with Crippen molar-refractivity contribution in [2.24, 2.45) is 4.99 Å². The Morgan fingerprint density at radius 1 is 1.20 bits per heavy atom. The van der Waals surface area contributed by atoms with E-state index in [9.17, 15) is 4.79 Å². The van der Waals surface area contributed by atoms with Gasteiger partial charge in [-0.1, -0.05) is 35.9 Å². The van der Waals surface area contributed by atoms with Crippen LogP contribution < -0.4 is 0 Å². The number of benzene rings is 2. The molecule has 1 aliphatic heterocycles. The summed E-state index contributed by atoms with van der Waals surface area (Å²) in [5.74, 6) is 0.508. The molecule has 0 fully saturated rings. The van der Waals surface area contributed by atoms with Crippen LogP contribution in [0.15, 0.2) is 59.9 Å². The Hall–Kier alpha value is -2.66. The molecule has 0 radical (unpaired) electrons. The molecule has 25 heavy (non-hydrogen) atoms. The summed E-state index contributed by atoms with van der Waals surface area (Å²) in [4.78, 5) is 20.9. The first-order valence-corrected chi connectivity index (χ1v) is 8.39. The second kappa shape index (κ2) is 6.33. The van der Waals surface area contributed by atoms with E-state index in [1.807, 2.05) is 41.0 Å². The van der Waals surface area contributed by atoms with Crippen LogP contribution in [0.4, 0.5) is 0 Å². The highest BCUT2D eigenvalue weighted by Gasteiger charge is 2.35. The lowest BCUT2D eigenvalue weighted by molar-refractivity contribution is -0.119. The fourth-order valence-corrected chi connectivity index (χ4v) is 3.16. The minimum absolute atomic E-state index is 0.0227. The van der Waals surface area contributed by atoms with Crippen LogP contribution in [0, 0.1) is 0 Å². The van der Waals surface area contributed by atoms with E-state index in [0.717, 1.165) is 16.6 Å². The largest absolute Gasteiger partial charge is 0.469 e. The SMILES string of the molecule is CC(=O)C1N=C(Cn2cnc3ccccc32)OC1c1ccc(Cl)cc1. The normalized spacial score (nSPS) is 19.7. The highest BCUT2D eigenvalue weighted by Crippen LogP contribution is 2.31. The fourth-order valence-electron chi connectivity index (χ4n) is 3.03. The molecule has 0 saturated carbocycles. The standard InChI is InChI=1S/C19H16ClN3O2/c1-12(24)18-19(13-6-8-14(20)9-7-13)25-17(22-18)10-23-11-21-15-4-2-3-5-16(15)23/h2-9,11,18-19H,10H2,1H3. The monoisotopic (exact) mass is 353 g/mol. The molecule has 3 aromatic rings. The summed E-state index contributed by atoms with van der Waals surface area (Å²) in [6, 6.07) is 14.7. The van der Waals surface area contributed by atoms with E-state index < -0.39 is 12.1 Å². The molecule has 4 rings (SSSR count). The minimum atomic E-state index is -0.536. The zero-order valence-electron chi connectivity index (χ0n) is 13.6. The van der Waals surface area contributed by atoms with Gasteiger partial charge < -0.3 is 9.30 Å². The topological polar surface area (TPSA) is 56.5 Å². The molecule has 0 spiro atoms. The number of ether oxygens (including phenoxy) is 1. The van der Waals surface area contributed by atoms with Crippen molar-refractivity contribution in [3.05, 3.63) is 65.4 Å². The molecule has 0 bridgehead atoms. The van der Waals surface area contributed by atoms with Gasteiger partial charge in [0.2, 0.25) is 5.90 Å². The van der Waals surface area contributed by atoms with E-state index in [4.69, 9.17) is 16.3 Å². The number of halogens is 1. The number of aromatic nitrogens is 2. The number of Topliss-reactive ketones (excluding diaryl/α,β-unsaturated/α-hetero) is 1. The summed E-state index contributed by atoms with van der Waals surface area (Å²) in [6.45, 7) is 1.98. The van der Waals surface area contributed by atoms with Crippen LogP contribution >= 0.6 is 11.6 Å². The molecule has 2 unspecified atom stereocenters. The predicted octanol–water partition coefficient (Wildman–Crippen LogP) is 3.82. The van der Waals surface area contributed by atoms with Crippen LogP contribution in [-0.2, 0) is 16.1 Å². The molecule has 1 aliphatic rings. The molecule has 6 heteroatoms. The van der Waals surface area contributed by atoms with E-state index in [0.29, 0.717) is 17.5 Å². The minimum Gasteiger partial charge on any atom is -0.469 e. The van der Waals surface area contributed by atoms with Gasteiger partial charge in [-0.25, -0.2) is 9.98 Å². The molecule has 0 aliphatic carbocycles. The lowest BCUT2D eigenvalue weighted by Gasteiger charge is -2.16. The molecule has 2 aromatic carbocycles. The predicted molar refractivity (Wildman–Crippen MR) is 96.9 cm³/mol. The maximum atomic E-state index is 12.0. The molecule has 0 N–H and O–H groups in total. The van der Waals surface area contributed by atoms with Crippen molar-refractivity contribution in [2.45, 2.75) is 25.6 Å². The summed E-state index contributed by atoms with van der Waals surface area (Å²) in [5.41, 5.74) is 2.81. The van der Waals surface area contributed by atoms with Crippen molar-refractivity contribution in [3.8, 4) is 0 Å². The Morgan fingerprint density at radius 3 is 2.72 bits per heavy atom. The van der Waals surface area contributed by atoms with Crippen LogP contribution in [0.25, 0.3) is 11.0 Å². The number of nitrogens with zero attached hydrogens (tertiary/aromatic N) is 3. The third-order valence-electron chi connectivity index (χ3n) is 4.28. The summed E-state index contributed by atoms with van der Waals surface area (Å²) in [5, 5.41) is 0.646. The van der Waals surface area contributed by atoms with Crippen molar-refractivity contribution in [3.63, 3.8) is 0 Å². The highest BCUT2D eigenvalue weighted by molar-refractivity contribution is 6.30. The summed E-state index contributed by atoms with van der Waals surface area (Å²) < 4.78 is 7.99. The number of aliphatic imine (C=N–C) groups is 1. The Bertz CT molecular complexity index is 962. The van der Waals surface area contributed by atoms with Crippen LogP contribution in [0.1, 0.15) is 18.6 Å². The molecular formula is C19H16ClN3O2. The quantitative estimate of drug-likeness (QED) is 0.716. The first kappa shape index (κ1) is 15.8. The van der Waals surface area contributed by atoms with E-state index in [-0.39, 0.29) is 5.78 Å². The number of hydrogen-bond donors (Lipinski definition) is 0. The first-order valence-electron chi connectivity index (χ1n) is 8.01. The summed E-state index contributed by atoms with van der Waals surface area (Å²) in [7, 11) is 0. The lowest BCUT2D eigenvalue weighted by atomic mass is 10.0. The van der Waals surface area contributed by atoms with Gasteiger partial charge >= 0.3 is 0 Å². The fraction of sp³-hybridized carbons (Fsp3) is 0.211. The number of carbonyl (C=O) groups excluding carboxylic acids is 1. The van der Waals surface area contributed by atoms with Crippen LogP contribution in [0.5, 0.6) is 0 Å². The smallest absolute Gasteiger partial charge is 0.205 e. The number of para-hydroxylation sites is 2. The lowest BCUT2D eigenvalue weighted by Crippen LogP contribution is -2.21. The molecule has 2 atom stereocenters. The van der Waals surface area contributed by atoms with Gasteiger partial charge in [0.05, 0.1) is 23.9 Å². The second-order valence-electron chi connectivity index (χ2n) is 6.03. The zero-order chi connectivity index (χ0) is 17.4. The molecular weight excluding hydrogens is 338 g/mol. The number of fused-ring (bicyclic) bond motifs is 1. The molecule has 0 amide bonds. The molecule has 0 saturated heterocycles.